The minimum Gasteiger partial charge on any atom is -0.482 e. The van der Waals surface area contributed by atoms with Gasteiger partial charge in [-0.25, -0.2) is 8.78 Å². The second-order valence-corrected chi connectivity index (χ2v) is 4.15. The van der Waals surface area contributed by atoms with Gasteiger partial charge in [0.25, 0.3) is 0 Å². The normalized spacial score (nSPS) is 10.3. The first kappa shape index (κ1) is 13.2. The smallest absolute Gasteiger partial charge is 0.200 e. The number of hydrogen-bond donors (Lipinski definition) is 0. The first-order chi connectivity index (χ1) is 9.06. The molecule has 0 bridgehead atoms. The van der Waals surface area contributed by atoms with Crippen molar-refractivity contribution in [2.24, 2.45) is 0 Å². The molecule has 0 fully saturated rings. The SMILES string of the molecule is Cc1ccc(F)c(OCC(=O)c2ccc(F)cc2)c1. The van der Waals surface area contributed by atoms with E-state index < -0.39 is 11.6 Å². The summed E-state index contributed by atoms with van der Waals surface area (Å²) in [5, 5.41) is 0. The van der Waals surface area contributed by atoms with Crippen molar-refractivity contribution in [3.63, 3.8) is 0 Å². The summed E-state index contributed by atoms with van der Waals surface area (Å²) in [5.41, 5.74) is 1.17. The standard InChI is InChI=1S/C15H12F2O2/c1-10-2-7-13(17)15(8-10)19-9-14(18)11-3-5-12(16)6-4-11/h2-8H,9H2,1H3. The van der Waals surface area contributed by atoms with Crippen molar-refractivity contribution in [3.05, 3.63) is 65.2 Å². The van der Waals surface area contributed by atoms with Crippen LogP contribution in [0.25, 0.3) is 0 Å². The van der Waals surface area contributed by atoms with Crippen LogP contribution in [-0.4, -0.2) is 12.4 Å². The summed E-state index contributed by atoms with van der Waals surface area (Å²) in [6.07, 6.45) is 0. The molecule has 0 aliphatic carbocycles. The maximum Gasteiger partial charge on any atom is 0.200 e. The number of hydrogen-bond acceptors (Lipinski definition) is 2. The van der Waals surface area contributed by atoms with Crippen LogP contribution in [-0.2, 0) is 0 Å². The molecular weight excluding hydrogens is 250 g/mol. The Labute approximate surface area is 109 Å². The van der Waals surface area contributed by atoms with E-state index in [1.165, 1.54) is 36.4 Å². The first-order valence-electron chi connectivity index (χ1n) is 5.74. The summed E-state index contributed by atoms with van der Waals surface area (Å²) >= 11 is 0. The minimum atomic E-state index is -0.516. The average molecular weight is 262 g/mol. The zero-order valence-electron chi connectivity index (χ0n) is 10.3. The fourth-order valence-corrected chi connectivity index (χ4v) is 1.58. The Balaban J connectivity index is 2.04. The minimum absolute atomic E-state index is 0.0375. The molecule has 0 aliphatic rings. The average Bonchev–Trinajstić information content (AvgIpc) is 2.40. The number of carbonyl (C=O) groups excluding carboxylic acids is 1. The Bertz CT molecular complexity index is 592. The van der Waals surface area contributed by atoms with Crippen molar-refractivity contribution >= 4 is 5.78 Å². The van der Waals surface area contributed by atoms with Crippen LogP contribution >= 0.6 is 0 Å². The van der Waals surface area contributed by atoms with Crippen LogP contribution in [0.5, 0.6) is 5.75 Å². The van der Waals surface area contributed by atoms with Crippen LogP contribution in [0.1, 0.15) is 15.9 Å². The molecule has 2 aromatic rings. The molecule has 0 heterocycles. The third-order valence-electron chi connectivity index (χ3n) is 2.61. The van der Waals surface area contributed by atoms with Gasteiger partial charge in [-0.2, -0.15) is 0 Å². The number of ketones is 1. The summed E-state index contributed by atoms with van der Waals surface area (Å²) in [4.78, 5) is 11.8. The van der Waals surface area contributed by atoms with Crippen molar-refractivity contribution in [3.8, 4) is 5.75 Å². The quantitative estimate of drug-likeness (QED) is 0.788. The lowest BCUT2D eigenvalue weighted by Gasteiger charge is -2.07. The van der Waals surface area contributed by atoms with Gasteiger partial charge in [-0.15, -0.1) is 0 Å². The molecule has 0 N–H and O–H groups in total. The number of Topliss-reactive ketones (excluding diaryl/α,β-unsaturated/α-hetero) is 1. The Morgan fingerprint density at radius 1 is 1.11 bits per heavy atom. The Hall–Kier alpha value is -2.23. The number of carbonyl (C=O) groups is 1. The predicted octanol–water partition coefficient (Wildman–Crippen LogP) is 3.53. The van der Waals surface area contributed by atoms with Gasteiger partial charge in [0.1, 0.15) is 5.82 Å². The third-order valence-corrected chi connectivity index (χ3v) is 2.61. The van der Waals surface area contributed by atoms with Gasteiger partial charge in [0.2, 0.25) is 0 Å². The zero-order valence-corrected chi connectivity index (χ0v) is 10.3. The largest absolute Gasteiger partial charge is 0.482 e. The molecule has 0 atom stereocenters. The van der Waals surface area contributed by atoms with Crippen molar-refractivity contribution in [1.29, 1.82) is 0 Å². The molecular formula is C15H12F2O2. The number of ether oxygens (including phenoxy) is 1. The molecule has 4 heteroatoms. The maximum atomic E-state index is 13.4. The summed E-state index contributed by atoms with van der Waals surface area (Å²) < 4.78 is 31.2. The number of rotatable bonds is 4. The van der Waals surface area contributed by atoms with Gasteiger partial charge in [0, 0.05) is 5.56 Å². The number of aryl methyl sites for hydroxylation is 1. The first-order valence-corrected chi connectivity index (χ1v) is 5.74. The molecule has 0 spiro atoms. The number of benzene rings is 2. The van der Waals surface area contributed by atoms with Crippen molar-refractivity contribution in [2.45, 2.75) is 6.92 Å². The van der Waals surface area contributed by atoms with Gasteiger partial charge < -0.3 is 4.74 Å². The van der Waals surface area contributed by atoms with Crippen LogP contribution in [0.15, 0.2) is 42.5 Å². The van der Waals surface area contributed by atoms with Crippen LogP contribution < -0.4 is 4.74 Å². The summed E-state index contributed by atoms with van der Waals surface area (Å²) in [5.74, 6) is -1.23. The highest BCUT2D eigenvalue weighted by Crippen LogP contribution is 2.18. The molecule has 0 saturated heterocycles. The van der Waals surface area contributed by atoms with Crippen LogP contribution in [0.3, 0.4) is 0 Å². The van der Waals surface area contributed by atoms with E-state index in [0.29, 0.717) is 5.56 Å². The maximum absolute atomic E-state index is 13.4. The fourth-order valence-electron chi connectivity index (χ4n) is 1.58. The van der Waals surface area contributed by atoms with E-state index in [1.54, 1.807) is 13.0 Å². The van der Waals surface area contributed by atoms with Gasteiger partial charge in [-0.1, -0.05) is 6.07 Å². The van der Waals surface area contributed by atoms with E-state index >= 15 is 0 Å². The molecule has 19 heavy (non-hydrogen) atoms. The van der Waals surface area contributed by atoms with Crippen LogP contribution in [0.4, 0.5) is 8.78 Å². The third kappa shape index (κ3) is 3.37. The van der Waals surface area contributed by atoms with Gasteiger partial charge in [0.15, 0.2) is 24.0 Å². The number of halogens is 2. The molecule has 0 aromatic heterocycles. The highest BCUT2D eigenvalue weighted by atomic mass is 19.1. The van der Waals surface area contributed by atoms with E-state index in [-0.39, 0.29) is 18.1 Å². The lowest BCUT2D eigenvalue weighted by molar-refractivity contribution is 0.0918. The van der Waals surface area contributed by atoms with Gasteiger partial charge >= 0.3 is 0 Å². The van der Waals surface area contributed by atoms with E-state index in [9.17, 15) is 13.6 Å². The van der Waals surface area contributed by atoms with E-state index in [2.05, 4.69) is 0 Å². The molecule has 2 nitrogen and oxygen atoms in total. The van der Waals surface area contributed by atoms with Crippen LogP contribution in [0.2, 0.25) is 0 Å². The molecule has 2 rings (SSSR count). The van der Waals surface area contributed by atoms with Crippen LogP contribution in [0, 0.1) is 18.6 Å². The van der Waals surface area contributed by atoms with Crippen molar-refractivity contribution in [1.82, 2.24) is 0 Å². The summed E-state index contributed by atoms with van der Waals surface area (Å²) in [6, 6.07) is 9.55. The molecule has 2 aromatic carbocycles. The summed E-state index contributed by atoms with van der Waals surface area (Å²) in [6.45, 7) is 1.51. The second-order valence-electron chi connectivity index (χ2n) is 4.15. The predicted molar refractivity (Wildman–Crippen MR) is 67.4 cm³/mol. The Morgan fingerprint density at radius 3 is 2.47 bits per heavy atom. The molecule has 0 amide bonds. The molecule has 98 valence electrons. The van der Waals surface area contributed by atoms with Gasteiger partial charge in [-0.3, -0.25) is 4.79 Å². The highest BCUT2D eigenvalue weighted by Gasteiger charge is 2.09. The Morgan fingerprint density at radius 2 is 1.79 bits per heavy atom. The molecule has 0 unspecified atom stereocenters. The van der Waals surface area contributed by atoms with E-state index in [4.69, 9.17) is 4.74 Å². The van der Waals surface area contributed by atoms with E-state index in [0.717, 1.165) is 5.56 Å². The lowest BCUT2D eigenvalue weighted by Crippen LogP contribution is -2.12. The van der Waals surface area contributed by atoms with Gasteiger partial charge in [0.05, 0.1) is 0 Å². The highest BCUT2D eigenvalue weighted by molar-refractivity contribution is 5.97. The fraction of sp³-hybridized carbons (Fsp3) is 0.133. The molecule has 0 saturated carbocycles. The topological polar surface area (TPSA) is 26.3 Å². The van der Waals surface area contributed by atoms with Crippen molar-refractivity contribution < 1.29 is 18.3 Å². The van der Waals surface area contributed by atoms with Gasteiger partial charge in [-0.05, 0) is 48.9 Å². The second kappa shape index (κ2) is 5.61. The molecule has 0 aliphatic heterocycles. The lowest BCUT2D eigenvalue weighted by atomic mass is 10.1. The zero-order chi connectivity index (χ0) is 13.8. The monoisotopic (exact) mass is 262 g/mol. The van der Waals surface area contributed by atoms with Crippen molar-refractivity contribution in [2.75, 3.05) is 6.61 Å². The molecule has 0 radical (unpaired) electrons. The Kier molecular flexibility index (Phi) is 3.90. The summed E-state index contributed by atoms with van der Waals surface area (Å²) in [7, 11) is 0. The van der Waals surface area contributed by atoms with E-state index in [1.807, 2.05) is 0 Å².